The maximum absolute atomic E-state index is 11.4. The van der Waals surface area contributed by atoms with Crippen molar-refractivity contribution in [3.63, 3.8) is 0 Å². The van der Waals surface area contributed by atoms with Gasteiger partial charge in [-0.2, -0.15) is 0 Å². The van der Waals surface area contributed by atoms with Gasteiger partial charge in [-0.15, -0.1) is 0 Å². The summed E-state index contributed by atoms with van der Waals surface area (Å²) in [7, 11) is 1.31. The Kier molecular flexibility index (Phi) is 3.84. The van der Waals surface area contributed by atoms with Gasteiger partial charge >= 0.3 is 5.97 Å². The quantitative estimate of drug-likeness (QED) is 0.374. The number of rotatable bonds is 4. The second-order valence-electron chi connectivity index (χ2n) is 3.96. The first kappa shape index (κ1) is 13.5. The maximum atomic E-state index is 11.4. The zero-order valence-electron chi connectivity index (χ0n) is 10.1. The third-order valence-corrected chi connectivity index (χ3v) is 3.45. The number of halogens is 1. The summed E-state index contributed by atoms with van der Waals surface area (Å²) in [6.07, 6.45) is 1.78. The molecule has 0 saturated carbocycles. The van der Waals surface area contributed by atoms with Gasteiger partial charge < -0.3 is 9.30 Å². The van der Waals surface area contributed by atoms with E-state index in [9.17, 15) is 14.9 Å². The van der Waals surface area contributed by atoms with Crippen molar-refractivity contribution in [2.24, 2.45) is 0 Å². The van der Waals surface area contributed by atoms with E-state index < -0.39 is 9.75 Å². The summed E-state index contributed by atoms with van der Waals surface area (Å²) in [4.78, 5) is 21.2. The first-order valence-corrected chi connectivity index (χ1v) is 6.39. The minimum atomic E-state index is -0.493. The van der Waals surface area contributed by atoms with Gasteiger partial charge in [-0.1, -0.05) is 15.9 Å². The molecule has 1 aromatic carbocycles. The average Bonchev–Trinajstić information content (AvgIpc) is 2.80. The summed E-state index contributed by atoms with van der Waals surface area (Å²) in [6.45, 7) is 0.345. The lowest BCUT2D eigenvalue weighted by atomic mass is 10.2. The van der Waals surface area contributed by atoms with Crippen LogP contribution >= 0.6 is 15.9 Å². The standard InChI is InChI=1S/C12H11BrN2O4/c1-19-12(16)10(13)7-14-5-4-8-2-3-9(15(17)18)6-11(8)14/h2-6,10H,7H2,1H3. The van der Waals surface area contributed by atoms with Crippen molar-refractivity contribution in [1.82, 2.24) is 4.57 Å². The van der Waals surface area contributed by atoms with Crippen molar-refractivity contribution in [1.29, 1.82) is 0 Å². The van der Waals surface area contributed by atoms with Gasteiger partial charge in [0, 0.05) is 30.3 Å². The Morgan fingerprint density at radius 3 is 2.89 bits per heavy atom. The van der Waals surface area contributed by atoms with E-state index >= 15 is 0 Å². The van der Waals surface area contributed by atoms with E-state index in [4.69, 9.17) is 0 Å². The fourth-order valence-corrected chi connectivity index (χ4v) is 2.32. The van der Waals surface area contributed by atoms with E-state index in [0.29, 0.717) is 12.1 Å². The molecule has 0 saturated heterocycles. The molecule has 0 aliphatic rings. The number of fused-ring (bicyclic) bond motifs is 1. The maximum Gasteiger partial charge on any atom is 0.321 e. The number of carbonyl (C=O) groups excluding carboxylic acids is 1. The van der Waals surface area contributed by atoms with Crippen LogP contribution < -0.4 is 0 Å². The first-order chi connectivity index (χ1) is 9.02. The topological polar surface area (TPSA) is 74.4 Å². The number of aromatic nitrogens is 1. The molecule has 0 fully saturated rings. The summed E-state index contributed by atoms with van der Waals surface area (Å²) >= 11 is 3.23. The monoisotopic (exact) mass is 326 g/mol. The van der Waals surface area contributed by atoms with Crippen molar-refractivity contribution in [3.05, 3.63) is 40.6 Å². The Bertz CT molecular complexity index is 638. The predicted octanol–water partition coefficient (Wildman–Crippen LogP) is 2.49. The van der Waals surface area contributed by atoms with Crippen LogP contribution in [0.5, 0.6) is 0 Å². The van der Waals surface area contributed by atoms with Crippen LogP contribution in [0.2, 0.25) is 0 Å². The summed E-state index contributed by atoms with van der Waals surface area (Å²) in [6, 6.07) is 6.48. The molecule has 0 N–H and O–H groups in total. The highest BCUT2D eigenvalue weighted by molar-refractivity contribution is 9.10. The number of nitrogens with zero attached hydrogens (tertiary/aromatic N) is 2. The minimum Gasteiger partial charge on any atom is -0.468 e. The molecule has 7 heteroatoms. The normalized spacial score (nSPS) is 12.3. The lowest BCUT2D eigenvalue weighted by Gasteiger charge is -2.09. The molecule has 2 rings (SSSR count). The number of esters is 1. The molecule has 0 aliphatic carbocycles. The number of nitro groups is 1. The largest absolute Gasteiger partial charge is 0.468 e. The van der Waals surface area contributed by atoms with Crippen molar-refractivity contribution < 1.29 is 14.5 Å². The molecule has 6 nitrogen and oxygen atoms in total. The SMILES string of the molecule is COC(=O)C(Br)Cn1ccc2ccc([N+](=O)[O-])cc21. The molecule has 1 atom stereocenters. The fourth-order valence-electron chi connectivity index (χ4n) is 1.82. The smallest absolute Gasteiger partial charge is 0.321 e. The van der Waals surface area contributed by atoms with Gasteiger partial charge in [0.25, 0.3) is 5.69 Å². The molecule has 0 amide bonds. The van der Waals surface area contributed by atoms with Crippen LogP contribution in [0.3, 0.4) is 0 Å². The van der Waals surface area contributed by atoms with Crippen LogP contribution in [-0.2, 0) is 16.1 Å². The van der Waals surface area contributed by atoms with Gasteiger partial charge in [0.1, 0.15) is 4.83 Å². The van der Waals surface area contributed by atoms with Crippen LogP contribution in [0, 0.1) is 10.1 Å². The molecular formula is C12H11BrN2O4. The minimum absolute atomic E-state index is 0.0247. The first-order valence-electron chi connectivity index (χ1n) is 5.48. The zero-order chi connectivity index (χ0) is 14.0. The second-order valence-corrected chi connectivity index (χ2v) is 5.06. The Hall–Kier alpha value is -1.89. The molecule has 2 aromatic rings. The molecule has 100 valence electrons. The highest BCUT2D eigenvalue weighted by atomic mass is 79.9. The van der Waals surface area contributed by atoms with Crippen LogP contribution in [0.15, 0.2) is 30.5 Å². The molecule has 1 heterocycles. The third-order valence-electron chi connectivity index (χ3n) is 2.78. The number of ether oxygens (including phenoxy) is 1. The van der Waals surface area contributed by atoms with Crippen LogP contribution in [-0.4, -0.2) is 27.4 Å². The number of benzene rings is 1. The summed E-state index contributed by atoms with van der Waals surface area (Å²) in [5.74, 6) is -0.382. The Morgan fingerprint density at radius 1 is 1.53 bits per heavy atom. The number of hydrogen-bond donors (Lipinski definition) is 0. The molecule has 19 heavy (non-hydrogen) atoms. The Labute approximate surface area is 117 Å². The average molecular weight is 327 g/mol. The number of methoxy groups -OCH3 is 1. The Morgan fingerprint density at radius 2 is 2.26 bits per heavy atom. The number of non-ortho nitro benzene ring substituents is 1. The molecular weight excluding hydrogens is 316 g/mol. The van der Waals surface area contributed by atoms with Crippen molar-refractivity contribution in [2.75, 3.05) is 7.11 Å². The summed E-state index contributed by atoms with van der Waals surface area (Å²) in [5.41, 5.74) is 0.735. The molecule has 0 spiro atoms. The van der Waals surface area contributed by atoms with Crippen molar-refractivity contribution in [2.45, 2.75) is 11.4 Å². The van der Waals surface area contributed by atoms with E-state index in [1.165, 1.54) is 19.2 Å². The van der Waals surface area contributed by atoms with Crippen molar-refractivity contribution in [3.8, 4) is 0 Å². The second kappa shape index (κ2) is 5.40. The molecule has 1 aromatic heterocycles. The highest BCUT2D eigenvalue weighted by Crippen LogP contribution is 2.23. The van der Waals surface area contributed by atoms with Gasteiger partial charge in [-0.05, 0) is 12.1 Å². The van der Waals surface area contributed by atoms with E-state index in [1.54, 1.807) is 16.8 Å². The van der Waals surface area contributed by atoms with E-state index in [0.717, 1.165) is 5.39 Å². The lowest BCUT2D eigenvalue weighted by molar-refractivity contribution is -0.384. The lowest BCUT2D eigenvalue weighted by Crippen LogP contribution is -2.21. The molecule has 0 bridgehead atoms. The fraction of sp³-hybridized carbons (Fsp3) is 0.250. The Balaban J connectivity index is 2.35. The third kappa shape index (κ3) is 2.76. The van der Waals surface area contributed by atoms with Crippen LogP contribution in [0.25, 0.3) is 10.9 Å². The number of nitro benzene ring substituents is 1. The summed E-state index contributed by atoms with van der Waals surface area (Å²) < 4.78 is 6.40. The van der Waals surface area contributed by atoms with Gasteiger partial charge in [-0.3, -0.25) is 14.9 Å². The number of hydrogen-bond acceptors (Lipinski definition) is 4. The van der Waals surface area contributed by atoms with E-state index in [-0.39, 0.29) is 11.7 Å². The van der Waals surface area contributed by atoms with Crippen LogP contribution in [0.1, 0.15) is 0 Å². The van der Waals surface area contributed by atoms with E-state index in [2.05, 4.69) is 20.7 Å². The zero-order valence-corrected chi connectivity index (χ0v) is 11.7. The number of alkyl halides is 1. The van der Waals surface area contributed by atoms with Gasteiger partial charge in [0.05, 0.1) is 17.5 Å². The van der Waals surface area contributed by atoms with Gasteiger partial charge in [0.15, 0.2) is 0 Å². The predicted molar refractivity (Wildman–Crippen MR) is 73.3 cm³/mol. The van der Waals surface area contributed by atoms with Gasteiger partial charge in [0.2, 0.25) is 0 Å². The molecule has 1 unspecified atom stereocenters. The van der Waals surface area contributed by atoms with Crippen molar-refractivity contribution >= 4 is 38.5 Å². The summed E-state index contributed by atoms with van der Waals surface area (Å²) in [5, 5.41) is 11.7. The van der Waals surface area contributed by atoms with E-state index in [1.807, 2.05) is 6.07 Å². The highest BCUT2D eigenvalue weighted by Gasteiger charge is 2.17. The number of carbonyl (C=O) groups is 1. The molecule has 0 radical (unpaired) electrons. The molecule has 0 aliphatic heterocycles. The van der Waals surface area contributed by atoms with Crippen LogP contribution in [0.4, 0.5) is 5.69 Å². The van der Waals surface area contributed by atoms with Gasteiger partial charge in [-0.25, -0.2) is 0 Å².